The third-order valence-corrected chi connectivity index (χ3v) is 3.89. The first-order valence-electron chi connectivity index (χ1n) is 7.53. The number of hydrogen-bond acceptors (Lipinski definition) is 2. The Bertz CT molecular complexity index is 839. The summed E-state index contributed by atoms with van der Waals surface area (Å²) in [5.41, 5.74) is 0.687. The second-order valence-corrected chi connectivity index (χ2v) is 5.60. The Balaban J connectivity index is 1.94. The monoisotopic (exact) mass is 343 g/mol. The van der Waals surface area contributed by atoms with Crippen LogP contribution in [0, 0.1) is 17.6 Å². The van der Waals surface area contributed by atoms with Crippen LogP contribution in [0.5, 0.6) is 0 Å². The summed E-state index contributed by atoms with van der Waals surface area (Å²) in [6.07, 6.45) is 0. The highest BCUT2D eigenvalue weighted by molar-refractivity contribution is 5.97. The fourth-order valence-electron chi connectivity index (χ4n) is 2.75. The molecule has 1 aliphatic heterocycles. The van der Waals surface area contributed by atoms with Gasteiger partial charge in [0.05, 0.1) is 6.04 Å². The smallest absolute Gasteiger partial charge is 0.319 e. The Morgan fingerprint density at radius 2 is 1.84 bits per heavy atom. The van der Waals surface area contributed by atoms with Gasteiger partial charge in [0.25, 0.3) is 0 Å². The van der Waals surface area contributed by atoms with E-state index in [0.717, 1.165) is 6.07 Å². The molecule has 0 radical (unpaired) electrons. The van der Waals surface area contributed by atoms with Crippen molar-refractivity contribution in [3.63, 3.8) is 0 Å². The van der Waals surface area contributed by atoms with Crippen molar-refractivity contribution in [2.45, 2.75) is 6.04 Å². The van der Waals surface area contributed by atoms with E-state index >= 15 is 0 Å². The van der Waals surface area contributed by atoms with E-state index in [1.807, 2.05) is 0 Å². The number of anilines is 1. The lowest BCUT2D eigenvalue weighted by Crippen LogP contribution is -2.52. The summed E-state index contributed by atoms with van der Waals surface area (Å²) in [5.74, 6) is -3.04. The minimum Gasteiger partial charge on any atom is -0.330 e. The van der Waals surface area contributed by atoms with Gasteiger partial charge >= 0.3 is 6.03 Å². The third kappa shape index (κ3) is 3.50. The van der Waals surface area contributed by atoms with Crippen LogP contribution in [0.25, 0.3) is 0 Å². The van der Waals surface area contributed by atoms with Crippen molar-refractivity contribution >= 4 is 17.6 Å². The van der Waals surface area contributed by atoms with Crippen molar-refractivity contribution in [3.8, 4) is 0 Å². The van der Waals surface area contributed by atoms with Crippen molar-refractivity contribution in [1.29, 1.82) is 0 Å². The van der Waals surface area contributed by atoms with Gasteiger partial charge in [-0.1, -0.05) is 30.8 Å². The molecule has 2 aromatic rings. The predicted octanol–water partition coefficient (Wildman–Crippen LogP) is 3.09. The molecule has 1 heterocycles. The Morgan fingerprint density at radius 1 is 1.12 bits per heavy atom. The molecule has 0 spiro atoms. The van der Waals surface area contributed by atoms with E-state index in [-0.39, 0.29) is 11.3 Å². The van der Waals surface area contributed by atoms with Crippen LogP contribution in [-0.2, 0) is 4.79 Å². The topological polar surface area (TPSA) is 70.2 Å². The van der Waals surface area contributed by atoms with Crippen LogP contribution < -0.4 is 16.0 Å². The first kappa shape index (κ1) is 16.6. The highest BCUT2D eigenvalue weighted by Crippen LogP contribution is 2.32. The lowest BCUT2D eigenvalue weighted by atomic mass is 9.88. The third-order valence-electron chi connectivity index (χ3n) is 3.89. The van der Waals surface area contributed by atoms with E-state index in [2.05, 4.69) is 22.5 Å². The predicted molar refractivity (Wildman–Crippen MR) is 88.5 cm³/mol. The number of amides is 3. The van der Waals surface area contributed by atoms with Gasteiger partial charge in [0.1, 0.15) is 17.6 Å². The standard InChI is InChI=1S/C18H15F2N3O2/c1-10-15(17(24)22-12-5-3-2-4-6-12)16(23-18(25)21-10)13-8-7-11(19)9-14(13)20/h2-9,15-16H,1H2,(H,22,24)(H2,21,23,25)/t15-,16+/m0/s1. The van der Waals surface area contributed by atoms with Crippen LogP contribution in [0.2, 0.25) is 0 Å². The number of rotatable bonds is 3. The molecule has 5 nitrogen and oxygen atoms in total. The van der Waals surface area contributed by atoms with E-state index in [9.17, 15) is 18.4 Å². The second kappa shape index (κ2) is 6.72. The fourth-order valence-corrected chi connectivity index (χ4v) is 2.75. The number of carbonyl (C=O) groups excluding carboxylic acids is 2. The lowest BCUT2D eigenvalue weighted by Gasteiger charge is -2.34. The molecular weight excluding hydrogens is 328 g/mol. The van der Waals surface area contributed by atoms with Crippen LogP contribution in [0.4, 0.5) is 19.3 Å². The minimum atomic E-state index is -1.01. The maximum atomic E-state index is 14.2. The van der Waals surface area contributed by atoms with E-state index in [1.165, 1.54) is 6.07 Å². The van der Waals surface area contributed by atoms with Gasteiger partial charge < -0.3 is 16.0 Å². The van der Waals surface area contributed by atoms with E-state index < -0.39 is 35.5 Å². The minimum absolute atomic E-state index is 0.00520. The maximum Gasteiger partial charge on any atom is 0.319 e. The van der Waals surface area contributed by atoms with Gasteiger partial charge in [-0.15, -0.1) is 0 Å². The van der Waals surface area contributed by atoms with Crippen LogP contribution in [-0.4, -0.2) is 11.9 Å². The summed E-state index contributed by atoms with van der Waals surface area (Å²) in [4.78, 5) is 24.4. The Kier molecular flexibility index (Phi) is 4.47. The number of halogens is 2. The summed E-state index contributed by atoms with van der Waals surface area (Å²) in [6.45, 7) is 3.70. The van der Waals surface area contributed by atoms with Gasteiger partial charge in [-0.2, -0.15) is 0 Å². The van der Waals surface area contributed by atoms with E-state index in [1.54, 1.807) is 30.3 Å². The molecule has 25 heavy (non-hydrogen) atoms. The van der Waals surface area contributed by atoms with Crippen LogP contribution in [0.15, 0.2) is 60.8 Å². The summed E-state index contributed by atoms with van der Waals surface area (Å²) < 4.78 is 27.4. The highest BCUT2D eigenvalue weighted by Gasteiger charge is 2.39. The quantitative estimate of drug-likeness (QED) is 0.801. The zero-order valence-corrected chi connectivity index (χ0v) is 13.1. The van der Waals surface area contributed by atoms with Crippen molar-refractivity contribution in [1.82, 2.24) is 10.6 Å². The van der Waals surface area contributed by atoms with Crippen molar-refractivity contribution in [2.24, 2.45) is 5.92 Å². The number of nitrogens with one attached hydrogen (secondary N) is 3. The normalized spacial score (nSPS) is 19.8. The van der Waals surface area contributed by atoms with Gasteiger partial charge in [0, 0.05) is 23.0 Å². The second-order valence-electron chi connectivity index (χ2n) is 5.60. The molecule has 3 amide bonds. The number of carbonyl (C=O) groups is 2. The van der Waals surface area contributed by atoms with Crippen molar-refractivity contribution < 1.29 is 18.4 Å². The molecule has 128 valence electrons. The van der Waals surface area contributed by atoms with Gasteiger partial charge in [0.2, 0.25) is 5.91 Å². The first-order valence-corrected chi connectivity index (χ1v) is 7.53. The van der Waals surface area contributed by atoms with Gasteiger partial charge in [-0.3, -0.25) is 4.79 Å². The maximum absolute atomic E-state index is 14.2. The molecule has 1 saturated heterocycles. The van der Waals surface area contributed by atoms with Gasteiger partial charge in [-0.25, -0.2) is 13.6 Å². The molecule has 2 atom stereocenters. The zero-order chi connectivity index (χ0) is 18.0. The van der Waals surface area contributed by atoms with Gasteiger partial charge in [0.15, 0.2) is 0 Å². The molecule has 3 rings (SSSR count). The molecule has 0 saturated carbocycles. The average molecular weight is 343 g/mol. The van der Waals surface area contributed by atoms with Gasteiger partial charge in [-0.05, 0) is 18.2 Å². The Hall–Kier alpha value is -3.22. The van der Waals surface area contributed by atoms with Crippen LogP contribution in [0.1, 0.15) is 11.6 Å². The summed E-state index contributed by atoms with van der Waals surface area (Å²) in [5, 5.41) is 7.63. The largest absolute Gasteiger partial charge is 0.330 e. The number of para-hydroxylation sites is 1. The summed E-state index contributed by atoms with van der Waals surface area (Å²) >= 11 is 0. The Labute approximate surface area is 142 Å². The number of hydrogen-bond donors (Lipinski definition) is 3. The Morgan fingerprint density at radius 3 is 2.52 bits per heavy atom. The molecule has 0 aromatic heterocycles. The van der Waals surface area contributed by atoms with E-state index in [4.69, 9.17) is 0 Å². The summed E-state index contributed by atoms with van der Waals surface area (Å²) in [6, 6.07) is 10.1. The lowest BCUT2D eigenvalue weighted by molar-refractivity contribution is -0.119. The van der Waals surface area contributed by atoms with Crippen molar-refractivity contribution in [2.75, 3.05) is 5.32 Å². The molecule has 3 N–H and O–H groups in total. The first-order chi connectivity index (χ1) is 12.0. The molecule has 7 heteroatoms. The molecule has 0 unspecified atom stereocenters. The molecule has 1 fully saturated rings. The van der Waals surface area contributed by atoms with Crippen molar-refractivity contribution in [3.05, 3.63) is 78.0 Å². The van der Waals surface area contributed by atoms with E-state index in [0.29, 0.717) is 11.8 Å². The number of benzene rings is 2. The molecular formula is C18H15F2N3O2. The molecule has 0 aliphatic carbocycles. The SMILES string of the molecule is C=C1NC(=O)N[C@H](c2ccc(F)cc2F)[C@H]1C(=O)Nc1ccccc1. The van der Waals surface area contributed by atoms with Crippen LogP contribution in [0.3, 0.4) is 0 Å². The number of urea groups is 1. The zero-order valence-electron chi connectivity index (χ0n) is 13.1. The molecule has 0 bridgehead atoms. The van der Waals surface area contributed by atoms with Crippen LogP contribution >= 0.6 is 0 Å². The summed E-state index contributed by atoms with van der Waals surface area (Å²) in [7, 11) is 0. The molecule has 2 aromatic carbocycles. The average Bonchev–Trinajstić information content (AvgIpc) is 2.54. The molecule has 1 aliphatic rings. The fraction of sp³-hybridized carbons (Fsp3) is 0.111. The highest BCUT2D eigenvalue weighted by atomic mass is 19.1.